The molecular formula is C15H19NO2S. The summed E-state index contributed by atoms with van der Waals surface area (Å²) in [6.07, 6.45) is 4.32. The van der Waals surface area contributed by atoms with Crippen LogP contribution in [0.1, 0.15) is 42.9 Å². The SMILES string of the molecule is N#CCC(c1ccccc1)S(=O)(=O)CC1CCCC1. The summed E-state index contributed by atoms with van der Waals surface area (Å²) in [5.74, 6) is 0.517. The third kappa shape index (κ3) is 3.57. The highest BCUT2D eigenvalue weighted by Gasteiger charge is 2.30. The highest BCUT2D eigenvalue weighted by Crippen LogP contribution is 2.32. The molecule has 1 fully saturated rings. The third-order valence-corrected chi connectivity index (χ3v) is 6.07. The molecule has 1 saturated carbocycles. The van der Waals surface area contributed by atoms with E-state index in [2.05, 4.69) is 0 Å². The van der Waals surface area contributed by atoms with Crippen molar-refractivity contribution in [2.45, 2.75) is 37.4 Å². The number of nitriles is 1. The molecule has 0 radical (unpaired) electrons. The van der Waals surface area contributed by atoms with Gasteiger partial charge >= 0.3 is 0 Å². The van der Waals surface area contributed by atoms with Crippen molar-refractivity contribution >= 4 is 9.84 Å². The zero-order chi connectivity index (χ0) is 13.7. The highest BCUT2D eigenvalue weighted by molar-refractivity contribution is 7.91. The Kier molecular flexibility index (Phi) is 4.60. The average Bonchev–Trinajstić information content (AvgIpc) is 2.89. The molecule has 3 nitrogen and oxygen atoms in total. The van der Waals surface area contributed by atoms with Gasteiger partial charge in [0.15, 0.2) is 9.84 Å². The fourth-order valence-corrected chi connectivity index (χ4v) is 4.95. The molecule has 0 heterocycles. The predicted octanol–water partition coefficient (Wildman–Crippen LogP) is 3.25. The lowest BCUT2D eigenvalue weighted by atomic mass is 10.1. The summed E-state index contributed by atoms with van der Waals surface area (Å²) in [4.78, 5) is 0. The van der Waals surface area contributed by atoms with E-state index in [1.54, 1.807) is 12.1 Å². The van der Waals surface area contributed by atoms with E-state index in [-0.39, 0.29) is 18.1 Å². The van der Waals surface area contributed by atoms with Crippen LogP contribution < -0.4 is 0 Å². The number of sulfone groups is 1. The van der Waals surface area contributed by atoms with Crippen LogP contribution in [-0.2, 0) is 9.84 Å². The largest absolute Gasteiger partial charge is 0.228 e. The maximum absolute atomic E-state index is 12.5. The Morgan fingerprint density at radius 3 is 2.42 bits per heavy atom. The number of nitrogens with zero attached hydrogens (tertiary/aromatic N) is 1. The molecule has 2 rings (SSSR count). The van der Waals surface area contributed by atoms with Gasteiger partial charge in [-0.05, 0) is 24.3 Å². The fourth-order valence-electron chi connectivity index (χ4n) is 2.82. The quantitative estimate of drug-likeness (QED) is 0.830. The molecule has 1 aliphatic carbocycles. The summed E-state index contributed by atoms with van der Waals surface area (Å²) >= 11 is 0. The van der Waals surface area contributed by atoms with E-state index < -0.39 is 15.1 Å². The van der Waals surface area contributed by atoms with E-state index in [9.17, 15) is 8.42 Å². The molecule has 1 aromatic carbocycles. The molecule has 4 heteroatoms. The smallest absolute Gasteiger partial charge is 0.158 e. The number of hydrogen-bond acceptors (Lipinski definition) is 3. The van der Waals surface area contributed by atoms with Crippen LogP contribution in [0.25, 0.3) is 0 Å². The van der Waals surface area contributed by atoms with Crippen LogP contribution in [0.4, 0.5) is 0 Å². The standard InChI is InChI=1S/C15H19NO2S/c16-11-10-15(14-8-2-1-3-9-14)19(17,18)12-13-6-4-5-7-13/h1-3,8-9,13,15H,4-7,10,12H2. The first-order valence-corrected chi connectivity index (χ1v) is 8.48. The van der Waals surface area contributed by atoms with Crippen molar-refractivity contribution in [3.05, 3.63) is 35.9 Å². The molecule has 1 aromatic rings. The predicted molar refractivity (Wildman–Crippen MR) is 75.2 cm³/mol. The molecule has 0 amide bonds. The van der Waals surface area contributed by atoms with Crippen LogP contribution in [0, 0.1) is 17.2 Å². The summed E-state index contributed by atoms with van der Waals surface area (Å²) in [6, 6.07) is 11.1. The van der Waals surface area contributed by atoms with Gasteiger partial charge in [0.25, 0.3) is 0 Å². The number of benzene rings is 1. The van der Waals surface area contributed by atoms with Gasteiger partial charge < -0.3 is 0 Å². The Morgan fingerprint density at radius 1 is 1.21 bits per heavy atom. The second-order valence-electron chi connectivity index (χ2n) is 5.24. The summed E-state index contributed by atoms with van der Waals surface area (Å²) in [6.45, 7) is 0. The minimum atomic E-state index is -3.24. The van der Waals surface area contributed by atoms with Crippen molar-refractivity contribution < 1.29 is 8.42 Å². The minimum Gasteiger partial charge on any atom is -0.228 e. The summed E-state index contributed by atoms with van der Waals surface area (Å²) < 4.78 is 25.1. The molecule has 0 aromatic heterocycles. The average molecular weight is 277 g/mol. The van der Waals surface area contributed by atoms with Gasteiger partial charge in [-0.2, -0.15) is 5.26 Å². The molecule has 1 aliphatic rings. The lowest BCUT2D eigenvalue weighted by Gasteiger charge is -2.18. The first-order valence-electron chi connectivity index (χ1n) is 6.77. The Balaban J connectivity index is 2.20. The summed E-state index contributed by atoms with van der Waals surface area (Å²) in [5, 5.41) is 8.24. The monoisotopic (exact) mass is 277 g/mol. The van der Waals surface area contributed by atoms with E-state index >= 15 is 0 Å². The van der Waals surface area contributed by atoms with Crippen LogP contribution >= 0.6 is 0 Å². The summed E-state index contributed by atoms with van der Waals surface area (Å²) in [7, 11) is -3.24. The van der Waals surface area contributed by atoms with Gasteiger partial charge in [0.1, 0.15) is 0 Å². The van der Waals surface area contributed by atoms with E-state index in [0.717, 1.165) is 31.2 Å². The van der Waals surface area contributed by atoms with E-state index in [0.29, 0.717) is 0 Å². The first kappa shape index (κ1) is 14.1. The summed E-state index contributed by atoms with van der Waals surface area (Å²) in [5.41, 5.74) is 0.738. The van der Waals surface area contributed by atoms with Crippen molar-refractivity contribution in [1.29, 1.82) is 5.26 Å². The van der Waals surface area contributed by atoms with Crippen molar-refractivity contribution in [3.63, 3.8) is 0 Å². The van der Waals surface area contributed by atoms with E-state index in [1.807, 2.05) is 24.3 Å². The maximum atomic E-state index is 12.5. The van der Waals surface area contributed by atoms with Crippen molar-refractivity contribution in [2.75, 3.05) is 5.75 Å². The van der Waals surface area contributed by atoms with Crippen LogP contribution in [0.15, 0.2) is 30.3 Å². The van der Waals surface area contributed by atoms with Gasteiger partial charge in [0.05, 0.1) is 23.5 Å². The zero-order valence-corrected chi connectivity index (χ0v) is 11.8. The van der Waals surface area contributed by atoms with Gasteiger partial charge in [0.2, 0.25) is 0 Å². The van der Waals surface area contributed by atoms with Crippen molar-refractivity contribution in [3.8, 4) is 6.07 Å². The van der Waals surface area contributed by atoms with Crippen LogP contribution in [0.5, 0.6) is 0 Å². The van der Waals surface area contributed by atoms with Gasteiger partial charge in [-0.1, -0.05) is 43.2 Å². The van der Waals surface area contributed by atoms with Gasteiger partial charge in [-0.25, -0.2) is 8.42 Å². The highest BCUT2D eigenvalue weighted by atomic mass is 32.2. The maximum Gasteiger partial charge on any atom is 0.158 e. The lowest BCUT2D eigenvalue weighted by molar-refractivity contribution is 0.548. The Morgan fingerprint density at radius 2 is 1.84 bits per heavy atom. The van der Waals surface area contributed by atoms with Gasteiger partial charge in [-0.15, -0.1) is 0 Å². The van der Waals surface area contributed by atoms with E-state index in [4.69, 9.17) is 5.26 Å². The lowest BCUT2D eigenvalue weighted by Crippen LogP contribution is -2.21. The van der Waals surface area contributed by atoms with E-state index in [1.165, 1.54) is 0 Å². The molecule has 1 unspecified atom stereocenters. The van der Waals surface area contributed by atoms with Gasteiger partial charge in [0, 0.05) is 0 Å². The molecule has 19 heavy (non-hydrogen) atoms. The third-order valence-electron chi connectivity index (χ3n) is 3.82. The zero-order valence-electron chi connectivity index (χ0n) is 11.0. The second kappa shape index (κ2) is 6.21. The van der Waals surface area contributed by atoms with Crippen LogP contribution in [0.2, 0.25) is 0 Å². The minimum absolute atomic E-state index is 0.0407. The molecule has 0 aliphatic heterocycles. The number of hydrogen-bond donors (Lipinski definition) is 0. The van der Waals surface area contributed by atoms with Crippen LogP contribution in [0.3, 0.4) is 0 Å². The topological polar surface area (TPSA) is 57.9 Å². The molecule has 0 spiro atoms. The molecular weight excluding hydrogens is 258 g/mol. The molecule has 1 atom stereocenters. The normalized spacial score (nSPS) is 18.1. The molecule has 0 N–H and O–H groups in total. The molecule has 0 saturated heterocycles. The van der Waals surface area contributed by atoms with Crippen LogP contribution in [-0.4, -0.2) is 14.2 Å². The Bertz CT molecular complexity index is 539. The Hall–Kier alpha value is -1.34. The fraction of sp³-hybridized carbons (Fsp3) is 0.533. The van der Waals surface area contributed by atoms with Crippen molar-refractivity contribution in [2.24, 2.45) is 5.92 Å². The Labute approximate surface area is 115 Å². The number of rotatable bonds is 5. The van der Waals surface area contributed by atoms with Gasteiger partial charge in [-0.3, -0.25) is 0 Å². The second-order valence-corrected chi connectivity index (χ2v) is 7.47. The van der Waals surface area contributed by atoms with Crippen molar-refractivity contribution in [1.82, 2.24) is 0 Å². The first-order chi connectivity index (χ1) is 9.13. The molecule has 102 valence electrons. The molecule has 0 bridgehead atoms.